The van der Waals surface area contributed by atoms with Crippen molar-refractivity contribution in [1.82, 2.24) is 0 Å². The maximum absolute atomic E-state index is 8.99. The third kappa shape index (κ3) is 22.0. The van der Waals surface area contributed by atoms with Crippen LogP contribution in [-0.4, -0.2) is 11.7 Å². The maximum Gasteiger partial charge on any atom is 0.0456 e. The first-order chi connectivity index (χ1) is 12.8. The van der Waals surface area contributed by atoms with Gasteiger partial charge in [0.25, 0.3) is 0 Å². The van der Waals surface area contributed by atoms with Crippen LogP contribution in [0.1, 0.15) is 149 Å². The predicted molar refractivity (Wildman–Crippen MR) is 119 cm³/mol. The van der Waals surface area contributed by atoms with Gasteiger partial charge in [0.1, 0.15) is 0 Å². The fourth-order valence-electron chi connectivity index (χ4n) is 3.84. The lowest BCUT2D eigenvalue weighted by atomic mass is 10.0. The van der Waals surface area contributed by atoms with Gasteiger partial charge < -0.3 is 5.11 Å². The Morgan fingerprint density at radius 3 is 1.00 bits per heavy atom. The molecule has 1 nitrogen and oxygen atoms in total. The molecule has 0 aromatic heterocycles. The van der Waals surface area contributed by atoms with E-state index in [1.807, 2.05) is 0 Å². The van der Waals surface area contributed by atoms with E-state index in [1.165, 1.54) is 135 Å². The van der Waals surface area contributed by atoms with Crippen molar-refractivity contribution in [1.29, 1.82) is 0 Å². The summed E-state index contributed by atoms with van der Waals surface area (Å²) in [6.45, 7) is 4.80. The summed E-state index contributed by atoms with van der Waals surface area (Å²) < 4.78 is 0. The van der Waals surface area contributed by atoms with Crippen molar-refractivity contribution in [3.05, 3.63) is 0 Å². The van der Waals surface area contributed by atoms with Gasteiger partial charge in [-0.15, -0.1) is 0 Å². The number of unbranched alkanes of at least 4 members (excludes halogenated alkanes) is 19. The number of aliphatic hydroxyl groups is 1. The van der Waals surface area contributed by atoms with E-state index in [0.717, 1.165) is 0 Å². The highest BCUT2D eigenvalue weighted by Gasteiger charge is 1.99. The van der Waals surface area contributed by atoms with Crippen LogP contribution in [0.3, 0.4) is 0 Å². The van der Waals surface area contributed by atoms with Crippen molar-refractivity contribution < 1.29 is 5.11 Å². The van der Waals surface area contributed by atoms with E-state index in [2.05, 4.69) is 13.8 Å². The lowest BCUT2D eigenvalue weighted by molar-refractivity contribution is 0.227. The molecule has 158 valence electrons. The monoisotopic (exact) mass is 368 g/mol. The normalized spacial score (nSPS) is 12.6. The Kier molecular flexibility index (Phi) is 23.0. The second-order valence-electron chi connectivity index (χ2n) is 8.79. The SMILES string of the molecule is CCCCCCCCCCCCCCCCCCCCCCC(C)CO. The number of hydrogen-bond donors (Lipinski definition) is 1. The fourth-order valence-corrected chi connectivity index (χ4v) is 3.84. The first-order valence-corrected chi connectivity index (χ1v) is 12.4. The molecule has 1 N–H and O–H groups in total. The van der Waals surface area contributed by atoms with Crippen LogP contribution in [-0.2, 0) is 0 Å². The third-order valence-corrected chi connectivity index (χ3v) is 5.86. The van der Waals surface area contributed by atoms with Gasteiger partial charge in [0.2, 0.25) is 0 Å². The van der Waals surface area contributed by atoms with E-state index in [9.17, 15) is 0 Å². The molecule has 1 atom stereocenters. The Labute approximate surface area is 166 Å². The number of aliphatic hydroxyl groups excluding tert-OH is 1. The first-order valence-electron chi connectivity index (χ1n) is 12.4. The van der Waals surface area contributed by atoms with Crippen LogP contribution in [0.25, 0.3) is 0 Å². The molecule has 0 aromatic carbocycles. The van der Waals surface area contributed by atoms with Crippen LogP contribution < -0.4 is 0 Å². The molecule has 1 unspecified atom stereocenters. The van der Waals surface area contributed by atoms with Gasteiger partial charge in [-0.25, -0.2) is 0 Å². The molecule has 0 amide bonds. The molecule has 0 aliphatic heterocycles. The molecule has 0 fully saturated rings. The van der Waals surface area contributed by atoms with Crippen molar-refractivity contribution in [3.63, 3.8) is 0 Å². The predicted octanol–water partition coefficient (Wildman–Crippen LogP) is 8.83. The van der Waals surface area contributed by atoms with Crippen LogP contribution in [0.2, 0.25) is 0 Å². The molecule has 1 heteroatoms. The highest BCUT2D eigenvalue weighted by Crippen LogP contribution is 2.15. The lowest BCUT2D eigenvalue weighted by Crippen LogP contribution is -1.99. The van der Waals surface area contributed by atoms with E-state index < -0.39 is 0 Å². The van der Waals surface area contributed by atoms with Crippen LogP contribution in [0.5, 0.6) is 0 Å². The van der Waals surface area contributed by atoms with E-state index in [-0.39, 0.29) is 0 Å². The van der Waals surface area contributed by atoms with Gasteiger partial charge in [0.15, 0.2) is 0 Å². The average Bonchev–Trinajstić information content (AvgIpc) is 2.66. The summed E-state index contributed by atoms with van der Waals surface area (Å²) in [6.07, 6.45) is 30.0. The zero-order valence-electron chi connectivity index (χ0n) is 18.6. The highest BCUT2D eigenvalue weighted by molar-refractivity contribution is 4.53. The molecule has 0 aromatic rings. The Hall–Kier alpha value is -0.0400. The molecular weight excluding hydrogens is 316 g/mol. The minimum absolute atomic E-state index is 0.360. The van der Waals surface area contributed by atoms with Crippen LogP contribution in [0.15, 0.2) is 0 Å². The first kappa shape index (κ1) is 26.0. The van der Waals surface area contributed by atoms with Crippen LogP contribution in [0, 0.1) is 5.92 Å². The topological polar surface area (TPSA) is 20.2 Å². The summed E-state index contributed by atoms with van der Waals surface area (Å²) in [6, 6.07) is 0. The third-order valence-electron chi connectivity index (χ3n) is 5.86. The quantitative estimate of drug-likeness (QED) is 0.189. The molecule has 0 saturated carbocycles. The van der Waals surface area contributed by atoms with Crippen molar-refractivity contribution in [2.24, 2.45) is 5.92 Å². The lowest BCUT2D eigenvalue weighted by Gasteiger charge is -2.07. The average molecular weight is 369 g/mol. The molecule has 0 aliphatic carbocycles. The standard InChI is InChI=1S/C25H52O/c1-3-4-5-6-7-8-9-10-11-12-13-14-15-16-17-18-19-20-21-22-23-25(2)24-26/h25-26H,3-24H2,1-2H3. The van der Waals surface area contributed by atoms with Gasteiger partial charge in [-0.05, 0) is 12.3 Å². The van der Waals surface area contributed by atoms with Gasteiger partial charge in [-0.2, -0.15) is 0 Å². The molecule has 0 aliphatic rings. The van der Waals surface area contributed by atoms with E-state index in [4.69, 9.17) is 5.11 Å². The fraction of sp³-hybridized carbons (Fsp3) is 1.00. The molecule has 0 spiro atoms. The Balaban J connectivity index is 2.99. The van der Waals surface area contributed by atoms with Crippen molar-refractivity contribution in [2.45, 2.75) is 149 Å². The van der Waals surface area contributed by atoms with E-state index >= 15 is 0 Å². The summed E-state index contributed by atoms with van der Waals surface area (Å²) in [5.74, 6) is 0.505. The Morgan fingerprint density at radius 1 is 0.462 bits per heavy atom. The number of rotatable bonds is 22. The molecule has 0 radical (unpaired) electrons. The zero-order valence-corrected chi connectivity index (χ0v) is 18.6. The van der Waals surface area contributed by atoms with Crippen LogP contribution in [0.4, 0.5) is 0 Å². The second kappa shape index (κ2) is 23.0. The summed E-state index contributed by atoms with van der Waals surface area (Å²) in [5, 5.41) is 8.99. The minimum atomic E-state index is 0.360. The largest absolute Gasteiger partial charge is 0.396 e. The molecular formula is C25H52O. The van der Waals surface area contributed by atoms with Gasteiger partial charge in [0.05, 0.1) is 0 Å². The van der Waals surface area contributed by atoms with Gasteiger partial charge >= 0.3 is 0 Å². The van der Waals surface area contributed by atoms with Crippen molar-refractivity contribution in [3.8, 4) is 0 Å². The van der Waals surface area contributed by atoms with E-state index in [1.54, 1.807) is 0 Å². The number of hydrogen-bond acceptors (Lipinski definition) is 1. The zero-order chi connectivity index (χ0) is 19.1. The highest BCUT2D eigenvalue weighted by atomic mass is 16.3. The maximum atomic E-state index is 8.99. The summed E-state index contributed by atoms with van der Waals surface area (Å²) in [5.41, 5.74) is 0. The smallest absolute Gasteiger partial charge is 0.0456 e. The van der Waals surface area contributed by atoms with E-state index in [0.29, 0.717) is 12.5 Å². The summed E-state index contributed by atoms with van der Waals surface area (Å²) in [7, 11) is 0. The van der Waals surface area contributed by atoms with Gasteiger partial charge in [-0.3, -0.25) is 0 Å². The molecule has 0 heterocycles. The molecule has 0 saturated heterocycles. The van der Waals surface area contributed by atoms with Crippen molar-refractivity contribution in [2.75, 3.05) is 6.61 Å². The summed E-state index contributed by atoms with van der Waals surface area (Å²) in [4.78, 5) is 0. The Bertz CT molecular complexity index is 238. The van der Waals surface area contributed by atoms with Gasteiger partial charge in [-0.1, -0.05) is 142 Å². The molecule has 0 bridgehead atoms. The molecule has 26 heavy (non-hydrogen) atoms. The molecule has 0 rings (SSSR count). The van der Waals surface area contributed by atoms with Crippen molar-refractivity contribution >= 4 is 0 Å². The minimum Gasteiger partial charge on any atom is -0.396 e. The van der Waals surface area contributed by atoms with Crippen LogP contribution >= 0.6 is 0 Å². The Morgan fingerprint density at radius 2 is 0.731 bits per heavy atom. The second-order valence-corrected chi connectivity index (χ2v) is 8.79. The van der Waals surface area contributed by atoms with Gasteiger partial charge in [0, 0.05) is 6.61 Å². The summed E-state index contributed by atoms with van der Waals surface area (Å²) >= 11 is 0.